The van der Waals surface area contributed by atoms with Crippen molar-refractivity contribution in [2.24, 2.45) is 5.92 Å². The second-order valence-corrected chi connectivity index (χ2v) is 7.15. The molecule has 0 bridgehead atoms. The standard InChI is InChI=1S/C19H25N5O3/c1-13(2)24-18(25)7-5-16(22-24)19(26)23-10-8-15(9-11-23)12-27-17-6-4-14(3)20-21-17/h4-7,13,15H,8-12H2,1-3H3. The summed E-state index contributed by atoms with van der Waals surface area (Å²) in [6, 6.07) is 6.51. The van der Waals surface area contributed by atoms with E-state index in [2.05, 4.69) is 15.3 Å². The Balaban J connectivity index is 1.54. The van der Waals surface area contributed by atoms with Gasteiger partial charge < -0.3 is 9.64 Å². The van der Waals surface area contributed by atoms with Gasteiger partial charge in [-0.3, -0.25) is 9.59 Å². The van der Waals surface area contributed by atoms with E-state index in [1.165, 1.54) is 16.8 Å². The summed E-state index contributed by atoms with van der Waals surface area (Å²) in [5, 5.41) is 12.2. The van der Waals surface area contributed by atoms with Crippen molar-refractivity contribution >= 4 is 5.91 Å². The van der Waals surface area contributed by atoms with E-state index < -0.39 is 0 Å². The van der Waals surface area contributed by atoms with Crippen molar-refractivity contribution in [3.63, 3.8) is 0 Å². The zero-order valence-corrected chi connectivity index (χ0v) is 16.0. The van der Waals surface area contributed by atoms with Crippen LogP contribution in [0.2, 0.25) is 0 Å². The van der Waals surface area contributed by atoms with Crippen LogP contribution in [-0.2, 0) is 0 Å². The molecule has 2 aromatic heterocycles. The smallest absolute Gasteiger partial charge is 0.274 e. The van der Waals surface area contributed by atoms with Crippen LogP contribution in [-0.4, -0.2) is 50.5 Å². The zero-order chi connectivity index (χ0) is 19.4. The lowest BCUT2D eigenvalue weighted by molar-refractivity contribution is 0.0650. The second kappa shape index (κ2) is 8.28. The Hall–Kier alpha value is -2.77. The molecule has 0 saturated carbocycles. The van der Waals surface area contributed by atoms with Crippen LogP contribution in [0.1, 0.15) is 48.9 Å². The summed E-state index contributed by atoms with van der Waals surface area (Å²) in [6.07, 6.45) is 1.71. The molecule has 8 heteroatoms. The number of rotatable bonds is 5. The zero-order valence-electron chi connectivity index (χ0n) is 16.0. The van der Waals surface area contributed by atoms with E-state index in [1.54, 1.807) is 4.90 Å². The molecule has 27 heavy (non-hydrogen) atoms. The lowest BCUT2D eigenvalue weighted by Gasteiger charge is -2.31. The van der Waals surface area contributed by atoms with Crippen LogP contribution in [0.25, 0.3) is 0 Å². The Labute approximate surface area is 158 Å². The van der Waals surface area contributed by atoms with E-state index in [0.29, 0.717) is 37.2 Å². The van der Waals surface area contributed by atoms with Gasteiger partial charge in [0.1, 0.15) is 5.69 Å². The number of amides is 1. The van der Waals surface area contributed by atoms with Crippen LogP contribution in [0.5, 0.6) is 5.88 Å². The van der Waals surface area contributed by atoms with Crippen LogP contribution in [0, 0.1) is 12.8 Å². The fraction of sp³-hybridized carbons (Fsp3) is 0.526. The number of piperidine rings is 1. The first-order chi connectivity index (χ1) is 12.9. The SMILES string of the molecule is Cc1ccc(OCC2CCN(C(=O)c3ccc(=O)n(C(C)C)n3)CC2)nn1. The van der Waals surface area contributed by atoms with Crippen molar-refractivity contribution in [3.8, 4) is 5.88 Å². The molecule has 0 aliphatic carbocycles. The van der Waals surface area contributed by atoms with Crippen LogP contribution < -0.4 is 10.3 Å². The fourth-order valence-corrected chi connectivity index (χ4v) is 3.04. The van der Waals surface area contributed by atoms with E-state index in [1.807, 2.05) is 32.9 Å². The maximum Gasteiger partial charge on any atom is 0.274 e. The third-order valence-electron chi connectivity index (χ3n) is 4.68. The molecule has 0 atom stereocenters. The lowest BCUT2D eigenvalue weighted by atomic mass is 9.97. The summed E-state index contributed by atoms with van der Waals surface area (Å²) >= 11 is 0. The molecular weight excluding hydrogens is 346 g/mol. The van der Waals surface area contributed by atoms with Crippen molar-refractivity contribution < 1.29 is 9.53 Å². The summed E-state index contributed by atoms with van der Waals surface area (Å²) < 4.78 is 7.05. The quantitative estimate of drug-likeness (QED) is 0.797. The van der Waals surface area contributed by atoms with E-state index >= 15 is 0 Å². The highest BCUT2D eigenvalue weighted by atomic mass is 16.5. The van der Waals surface area contributed by atoms with E-state index in [0.717, 1.165) is 18.5 Å². The van der Waals surface area contributed by atoms with E-state index in [9.17, 15) is 9.59 Å². The fourth-order valence-electron chi connectivity index (χ4n) is 3.04. The van der Waals surface area contributed by atoms with Crippen LogP contribution in [0.15, 0.2) is 29.1 Å². The average molecular weight is 371 g/mol. The predicted octanol–water partition coefficient (Wildman–Crippen LogP) is 1.85. The van der Waals surface area contributed by atoms with Gasteiger partial charge in [0.25, 0.3) is 11.5 Å². The number of hydrogen-bond acceptors (Lipinski definition) is 6. The van der Waals surface area contributed by atoms with E-state index in [4.69, 9.17) is 4.74 Å². The molecule has 0 aromatic carbocycles. The van der Waals surface area contributed by atoms with Gasteiger partial charge in [-0.25, -0.2) is 4.68 Å². The first-order valence-electron chi connectivity index (χ1n) is 9.26. The highest BCUT2D eigenvalue weighted by Gasteiger charge is 2.25. The molecule has 1 saturated heterocycles. The average Bonchev–Trinajstić information content (AvgIpc) is 2.67. The maximum absolute atomic E-state index is 12.7. The van der Waals surface area contributed by atoms with Crippen LogP contribution in [0.4, 0.5) is 0 Å². The van der Waals surface area contributed by atoms with Crippen molar-refractivity contribution in [3.05, 3.63) is 46.0 Å². The Morgan fingerprint density at radius 3 is 2.56 bits per heavy atom. The summed E-state index contributed by atoms with van der Waals surface area (Å²) in [5.74, 6) is 0.766. The lowest BCUT2D eigenvalue weighted by Crippen LogP contribution is -2.41. The number of hydrogen-bond donors (Lipinski definition) is 0. The Morgan fingerprint density at radius 2 is 1.93 bits per heavy atom. The Morgan fingerprint density at radius 1 is 1.19 bits per heavy atom. The molecule has 0 N–H and O–H groups in total. The number of nitrogens with zero attached hydrogens (tertiary/aromatic N) is 5. The molecule has 1 aliphatic heterocycles. The largest absolute Gasteiger partial charge is 0.476 e. The molecule has 0 unspecified atom stereocenters. The highest BCUT2D eigenvalue weighted by Crippen LogP contribution is 2.20. The Bertz CT molecular complexity index is 839. The van der Waals surface area contributed by atoms with Crippen molar-refractivity contribution in [1.82, 2.24) is 24.9 Å². The van der Waals surface area contributed by atoms with E-state index in [-0.39, 0.29) is 17.5 Å². The number of ether oxygens (including phenoxy) is 1. The molecule has 3 rings (SSSR count). The van der Waals surface area contributed by atoms with Gasteiger partial charge in [0.2, 0.25) is 5.88 Å². The van der Waals surface area contributed by atoms with Gasteiger partial charge in [0, 0.05) is 25.2 Å². The minimum atomic E-state index is -0.198. The highest BCUT2D eigenvalue weighted by molar-refractivity contribution is 5.92. The van der Waals surface area contributed by atoms with Crippen molar-refractivity contribution in [2.75, 3.05) is 19.7 Å². The third kappa shape index (κ3) is 4.69. The molecular formula is C19H25N5O3. The van der Waals surface area contributed by atoms with Gasteiger partial charge >= 0.3 is 0 Å². The number of carbonyl (C=O) groups excluding carboxylic acids is 1. The van der Waals surface area contributed by atoms with Gasteiger partial charge in [0.15, 0.2) is 0 Å². The summed E-state index contributed by atoms with van der Waals surface area (Å²) in [5.41, 5.74) is 0.969. The molecule has 1 aliphatic rings. The number of aryl methyl sites for hydroxylation is 1. The summed E-state index contributed by atoms with van der Waals surface area (Å²) in [7, 11) is 0. The molecule has 0 spiro atoms. The van der Waals surface area contributed by atoms with Gasteiger partial charge in [-0.15, -0.1) is 5.10 Å². The minimum absolute atomic E-state index is 0.0852. The first-order valence-corrected chi connectivity index (χ1v) is 9.26. The van der Waals surface area contributed by atoms with Crippen molar-refractivity contribution in [2.45, 2.75) is 39.7 Å². The summed E-state index contributed by atoms with van der Waals surface area (Å²) in [4.78, 5) is 26.3. The Kier molecular flexibility index (Phi) is 5.83. The minimum Gasteiger partial charge on any atom is -0.476 e. The molecule has 1 amide bonds. The van der Waals surface area contributed by atoms with Gasteiger partial charge in [-0.05, 0) is 51.7 Å². The van der Waals surface area contributed by atoms with Gasteiger partial charge in [-0.1, -0.05) is 0 Å². The molecule has 1 fully saturated rings. The number of carbonyl (C=O) groups is 1. The first kappa shape index (κ1) is 19.0. The topological polar surface area (TPSA) is 90.2 Å². The number of likely N-dealkylation sites (tertiary alicyclic amines) is 1. The van der Waals surface area contributed by atoms with Gasteiger partial charge in [0.05, 0.1) is 18.3 Å². The number of aromatic nitrogens is 4. The monoisotopic (exact) mass is 371 g/mol. The summed E-state index contributed by atoms with van der Waals surface area (Å²) in [6.45, 7) is 7.48. The molecule has 144 valence electrons. The molecule has 0 radical (unpaired) electrons. The second-order valence-electron chi connectivity index (χ2n) is 7.15. The molecule has 3 heterocycles. The molecule has 8 nitrogen and oxygen atoms in total. The normalized spacial score (nSPS) is 15.2. The molecule has 2 aromatic rings. The maximum atomic E-state index is 12.7. The third-order valence-corrected chi connectivity index (χ3v) is 4.68. The van der Waals surface area contributed by atoms with Crippen LogP contribution >= 0.6 is 0 Å². The van der Waals surface area contributed by atoms with Crippen molar-refractivity contribution in [1.29, 1.82) is 0 Å². The van der Waals surface area contributed by atoms with Crippen LogP contribution in [0.3, 0.4) is 0 Å². The predicted molar refractivity (Wildman–Crippen MR) is 99.8 cm³/mol. The van der Waals surface area contributed by atoms with Gasteiger partial charge in [-0.2, -0.15) is 10.2 Å².